The third-order valence-corrected chi connectivity index (χ3v) is 7.92. The number of carbonyl (C=O) groups is 1. The van der Waals surface area contributed by atoms with Crippen LogP contribution in [0.2, 0.25) is 0 Å². The predicted octanol–water partition coefficient (Wildman–Crippen LogP) is 1.57. The third kappa shape index (κ3) is 4.75. The standard InChI is InChI=1S/C19H25N5O3S2/c1-14-4-6-16(7-5-14)24-18(23-9-2-3-10-23)21-22-19(24)28-12-17(25)20-15-8-11-29(26,27)13-15/h4-7,15H,2-3,8-13H2,1H3,(H,20,25). The molecule has 0 saturated carbocycles. The van der Waals surface area contributed by atoms with Crippen molar-refractivity contribution in [3.05, 3.63) is 29.8 Å². The molecule has 2 aliphatic heterocycles. The van der Waals surface area contributed by atoms with Gasteiger partial charge in [0.1, 0.15) is 0 Å². The lowest BCUT2D eigenvalue weighted by Gasteiger charge is -2.18. The summed E-state index contributed by atoms with van der Waals surface area (Å²) in [6, 6.07) is 7.87. The molecule has 8 nitrogen and oxygen atoms in total. The number of anilines is 1. The molecule has 1 N–H and O–H groups in total. The minimum atomic E-state index is -3.01. The predicted molar refractivity (Wildman–Crippen MR) is 113 cm³/mol. The number of hydrogen-bond donors (Lipinski definition) is 1. The molecule has 1 atom stereocenters. The second-order valence-corrected chi connectivity index (χ2v) is 10.8. The molecule has 1 amide bonds. The molecule has 0 radical (unpaired) electrons. The lowest BCUT2D eigenvalue weighted by atomic mass is 10.2. The molecule has 0 aliphatic carbocycles. The number of thioether (sulfide) groups is 1. The van der Waals surface area contributed by atoms with E-state index in [0.29, 0.717) is 11.6 Å². The van der Waals surface area contributed by atoms with Crippen molar-refractivity contribution in [2.75, 3.05) is 35.2 Å². The van der Waals surface area contributed by atoms with Gasteiger partial charge in [0, 0.05) is 19.1 Å². The van der Waals surface area contributed by atoms with Gasteiger partial charge in [0.2, 0.25) is 11.9 Å². The van der Waals surface area contributed by atoms with E-state index in [2.05, 4.69) is 20.4 Å². The highest BCUT2D eigenvalue weighted by Crippen LogP contribution is 2.28. The quantitative estimate of drug-likeness (QED) is 0.688. The molecule has 29 heavy (non-hydrogen) atoms. The van der Waals surface area contributed by atoms with Gasteiger partial charge in [-0.25, -0.2) is 8.42 Å². The normalized spacial score (nSPS) is 20.9. The Balaban J connectivity index is 1.49. The van der Waals surface area contributed by atoms with Gasteiger partial charge in [-0.2, -0.15) is 0 Å². The molecule has 10 heteroatoms. The Morgan fingerprint density at radius 3 is 2.59 bits per heavy atom. The van der Waals surface area contributed by atoms with Crippen LogP contribution in [0.5, 0.6) is 0 Å². The minimum Gasteiger partial charge on any atom is -0.352 e. The Morgan fingerprint density at radius 2 is 1.93 bits per heavy atom. The van der Waals surface area contributed by atoms with E-state index in [1.807, 2.05) is 35.8 Å². The fraction of sp³-hybridized carbons (Fsp3) is 0.526. The fourth-order valence-electron chi connectivity index (χ4n) is 3.71. The van der Waals surface area contributed by atoms with Crippen LogP contribution in [0.3, 0.4) is 0 Å². The van der Waals surface area contributed by atoms with Gasteiger partial charge >= 0.3 is 0 Å². The number of aryl methyl sites for hydroxylation is 1. The van der Waals surface area contributed by atoms with Gasteiger partial charge in [0.25, 0.3) is 0 Å². The van der Waals surface area contributed by atoms with Gasteiger partial charge in [0.05, 0.1) is 22.9 Å². The van der Waals surface area contributed by atoms with Crippen LogP contribution >= 0.6 is 11.8 Å². The first-order chi connectivity index (χ1) is 13.9. The maximum absolute atomic E-state index is 12.3. The van der Waals surface area contributed by atoms with E-state index in [-0.39, 0.29) is 29.2 Å². The molecule has 2 saturated heterocycles. The molecule has 156 valence electrons. The van der Waals surface area contributed by atoms with Crippen molar-refractivity contribution in [1.29, 1.82) is 0 Å². The lowest BCUT2D eigenvalue weighted by Crippen LogP contribution is -2.36. The number of amides is 1. The number of aromatic nitrogens is 3. The summed E-state index contributed by atoms with van der Waals surface area (Å²) in [4.78, 5) is 14.6. The van der Waals surface area contributed by atoms with Gasteiger partial charge in [-0.15, -0.1) is 10.2 Å². The molecular formula is C19H25N5O3S2. The van der Waals surface area contributed by atoms with Crippen LogP contribution in [0.4, 0.5) is 5.95 Å². The summed E-state index contributed by atoms with van der Waals surface area (Å²) in [5.41, 5.74) is 2.14. The molecule has 1 unspecified atom stereocenters. The SMILES string of the molecule is Cc1ccc(-n2c(SCC(=O)NC3CCS(=O)(=O)C3)nnc2N2CCCC2)cc1. The molecule has 0 bridgehead atoms. The summed E-state index contributed by atoms with van der Waals surface area (Å²) in [5, 5.41) is 12.2. The van der Waals surface area contributed by atoms with E-state index < -0.39 is 9.84 Å². The van der Waals surface area contributed by atoms with Gasteiger partial charge in [-0.3, -0.25) is 9.36 Å². The Kier molecular flexibility index (Phi) is 5.82. The monoisotopic (exact) mass is 435 g/mol. The topological polar surface area (TPSA) is 97.2 Å². The van der Waals surface area contributed by atoms with Crippen molar-refractivity contribution in [3.63, 3.8) is 0 Å². The largest absolute Gasteiger partial charge is 0.352 e. The summed E-state index contributed by atoms with van der Waals surface area (Å²) < 4.78 is 25.1. The fourth-order valence-corrected chi connectivity index (χ4v) is 6.14. The molecular weight excluding hydrogens is 410 g/mol. The van der Waals surface area contributed by atoms with Crippen molar-refractivity contribution in [3.8, 4) is 5.69 Å². The maximum Gasteiger partial charge on any atom is 0.232 e. The number of hydrogen-bond acceptors (Lipinski definition) is 7. The van der Waals surface area contributed by atoms with Gasteiger partial charge < -0.3 is 10.2 Å². The maximum atomic E-state index is 12.3. The van der Waals surface area contributed by atoms with Crippen LogP contribution in [0, 0.1) is 6.92 Å². The number of rotatable bonds is 6. The van der Waals surface area contributed by atoms with Crippen LogP contribution in [-0.4, -0.2) is 65.5 Å². The van der Waals surface area contributed by atoms with Crippen molar-refractivity contribution in [2.24, 2.45) is 0 Å². The second kappa shape index (κ2) is 8.35. The minimum absolute atomic E-state index is 0.0298. The number of benzene rings is 1. The Morgan fingerprint density at radius 1 is 1.21 bits per heavy atom. The molecule has 4 rings (SSSR count). The Bertz CT molecular complexity index is 982. The van der Waals surface area contributed by atoms with Crippen molar-refractivity contribution in [2.45, 2.75) is 37.4 Å². The van der Waals surface area contributed by atoms with Gasteiger partial charge in [0.15, 0.2) is 15.0 Å². The second-order valence-electron chi connectivity index (χ2n) is 7.60. The smallest absolute Gasteiger partial charge is 0.232 e. The first-order valence-electron chi connectivity index (χ1n) is 9.81. The van der Waals surface area contributed by atoms with Crippen LogP contribution in [0.15, 0.2) is 29.4 Å². The number of sulfone groups is 1. The van der Waals surface area contributed by atoms with E-state index in [1.165, 1.54) is 17.3 Å². The molecule has 3 heterocycles. The van der Waals surface area contributed by atoms with Crippen LogP contribution < -0.4 is 10.2 Å². The van der Waals surface area contributed by atoms with Crippen LogP contribution in [-0.2, 0) is 14.6 Å². The van der Waals surface area contributed by atoms with E-state index in [9.17, 15) is 13.2 Å². The molecule has 1 aromatic carbocycles. The Hall–Kier alpha value is -2.07. The van der Waals surface area contributed by atoms with Crippen molar-refractivity contribution in [1.82, 2.24) is 20.1 Å². The van der Waals surface area contributed by atoms with E-state index >= 15 is 0 Å². The molecule has 2 aromatic rings. The summed E-state index contributed by atoms with van der Waals surface area (Å²) >= 11 is 1.32. The number of carbonyl (C=O) groups excluding carboxylic acids is 1. The zero-order valence-corrected chi connectivity index (χ0v) is 18.0. The van der Waals surface area contributed by atoms with E-state index in [1.54, 1.807) is 0 Å². The summed E-state index contributed by atoms with van der Waals surface area (Å²) in [6.45, 7) is 3.94. The first-order valence-corrected chi connectivity index (χ1v) is 12.6. The summed E-state index contributed by atoms with van der Waals surface area (Å²) in [6.07, 6.45) is 2.75. The zero-order valence-electron chi connectivity index (χ0n) is 16.4. The molecule has 0 spiro atoms. The highest BCUT2D eigenvalue weighted by molar-refractivity contribution is 7.99. The molecule has 2 fully saturated rings. The van der Waals surface area contributed by atoms with E-state index in [4.69, 9.17) is 0 Å². The molecule has 2 aliphatic rings. The average Bonchev–Trinajstić information content (AvgIpc) is 3.40. The zero-order chi connectivity index (χ0) is 20.4. The molecule has 1 aromatic heterocycles. The summed E-state index contributed by atoms with van der Waals surface area (Å²) in [5.74, 6) is 0.962. The van der Waals surface area contributed by atoms with E-state index in [0.717, 1.165) is 37.6 Å². The van der Waals surface area contributed by atoms with Crippen LogP contribution in [0.1, 0.15) is 24.8 Å². The lowest BCUT2D eigenvalue weighted by molar-refractivity contribution is -0.119. The van der Waals surface area contributed by atoms with Crippen molar-refractivity contribution >= 4 is 33.5 Å². The average molecular weight is 436 g/mol. The van der Waals surface area contributed by atoms with Gasteiger partial charge in [-0.1, -0.05) is 29.5 Å². The highest BCUT2D eigenvalue weighted by Gasteiger charge is 2.29. The third-order valence-electron chi connectivity index (χ3n) is 5.23. The number of nitrogens with zero attached hydrogens (tertiary/aromatic N) is 4. The number of nitrogens with one attached hydrogen (secondary N) is 1. The van der Waals surface area contributed by atoms with Crippen molar-refractivity contribution < 1.29 is 13.2 Å². The van der Waals surface area contributed by atoms with Crippen LogP contribution in [0.25, 0.3) is 5.69 Å². The highest BCUT2D eigenvalue weighted by atomic mass is 32.2. The Labute approximate surface area is 175 Å². The first kappa shape index (κ1) is 20.2. The van der Waals surface area contributed by atoms with Gasteiger partial charge in [-0.05, 0) is 38.3 Å². The summed E-state index contributed by atoms with van der Waals surface area (Å²) in [7, 11) is -3.01.